The van der Waals surface area contributed by atoms with E-state index in [2.05, 4.69) is 4.72 Å². The van der Waals surface area contributed by atoms with Crippen LogP contribution in [0.15, 0.2) is 34.5 Å². The standard InChI is InChI=1S/C15H17NO4S2/c1-2-12-4-6-15(21-12)22(17,18)16-10-11-3-5-13-14(9-11)20-8-7-19-13/h3-6,9,16H,2,7-8,10H2,1H3. The van der Waals surface area contributed by atoms with E-state index in [4.69, 9.17) is 9.47 Å². The van der Waals surface area contributed by atoms with Crippen molar-refractivity contribution >= 4 is 21.4 Å². The van der Waals surface area contributed by atoms with Crippen LogP contribution in [0.5, 0.6) is 11.5 Å². The molecule has 5 nitrogen and oxygen atoms in total. The highest BCUT2D eigenvalue weighted by Crippen LogP contribution is 2.31. The molecule has 2 heterocycles. The van der Waals surface area contributed by atoms with Crippen LogP contribution in [-0.4, -0.2) is 21.6 Å². The average molecular weight is 339 g/mol. The van der Waals surface area contributed by atoms with Crippen LogP contribution in [0, 0.1) is 0 Å². The molecule has 1 aliphatic rings. The molecule has 118 valence electrons. The molecule has 1 aliphatic heterocycles. The number of nitrogens with one attached hydrogen (secondary N) is 1. The van der Waals surface area contributed by atoms with Crippen LogP contribution >= 0.6 is 11.3 Å². The molecule has 0 spiro atoms. The third-order valence-corrected chi connectivity index (χ3v) is 6.45. The molecule has 0 saturated heterocycles. The van der Waals surface area contributed by atoms with Crippen molar-refractivity contribution in [2.75, 3.05) is 13.2 Å². The number of fused-ring (bicyclic) bond motifs is 1. The molecule has 0 unspecified atom stereocenters. The minimum atomic E-state index is -3.47. The fourth-order valence-corrected chi connectivity index (χ4v) is 4.50. The Bertz CT molecular complexity index is 768. The van der Waals surface area contributed by atoms with Gasteiger partial charge in [0, 0.05) is 11.4 Å². The van der Waals surface area contributed by atoms with Crippen LogP contribution in [0.4, 0.5) is 0 Å². The van der Waals surface area contributed by atoms with Gasteiger partial charge in [-0.2, -0.15) is 0 Å². The highest BCUT2D eigenvalue weighted by molar-refractivity contribution is 7.91. The molecule has 3 rings (SSSR count). The van der Waals surface area contributed by atoms with Gasteiger partial charge >= 0.3 is 0 Å². The number of sulfonamides is 1. The van der Waals surface area contributed by atoms with E-state index in [0.717, 1.165) is 16.9 Å². The molecule has 7 heteroatoms. The lowest BCUT2D eigenvalue weighted by molar-refractivity contribution is 0.171. The molecule has 1 N–H and O–H groups in total. The van der Waals surface area contributed by atoms with Gasteiger partial charge in [-0.05, 0) is 36.2 Å². The maximum Gasteiger partial charge on any atom is 0.250 e. The molecular weight excluding hydrogens is 322 g/mol. The van der Waals surface area contributed by atoms with Gasteiger partial charge in [-0.15, -0.1) is 11.3 Å². The van der Waals surface area contributed by atoms with Crippen molar-refractivity contribution in [2.45, 2.75) is 24.1 Å². The number of thiophene rings is 1. The second-order valence-corrected chi connectivity index (χ2v) is 8.04. The summed E-state index contributed by atoms with van der Waals surface area (Å²) in [4.78, 5) is 1.06. The summed E-state index contributed by atoms with van der Waals surface area (Å²) in [7, 11) is -3.47. The number of benzene rings is 1. The first-order chi connectivity index (χ1) is 10.6. The quantitative estimate of drug-likeness (QED) is 0.909. The van der Waals surface area contributed by atoms with Crippen LogP contribution in [0.3, 0.4) is 0 Å². The fraction of sp³-hybridized carbons (Fsp3) is 0.333. The molecule has 22 heavy (non-hydrogen) atoms. The van der Waals surface area contributed by atoms with E-state index in [1.165, 1.54) is 11.3 Å². The number of hydrogen-bond donors (Lipinski definition) is 1. The molecule has 1 aromatic heterocycles. The van der Waals surface area contributed by atoms with E-state index < -0.39 is 10.0 Å². The Morgan fingerprint density at radius 2 is 1.91 bits per heavy atom. The zero-order valence-electron chi connectivity index (χ0n) is 12.2. The Hall–Kier alpha value is -1.57. The van der Waals surface area contributed by atoms with E-state index in [9.17, 15) is 8.42 Å². The first-order valence-electron chi connectivity index (χ1n) is 7.05. The number of ether oxygens (including phenoxy) is 2. The van der Waals surface area contributed by atoms with Crippen molar-refractivity contribution < 1.29 is 17.9 Å². The van der Waals surface area contributed by atoms with Crippen LogP contribution in [0.25, 0.3) is 0 Å². The summed E-state index contributed by atoms with van der Waals surface area (Å²) in [5.41, 5.74) is 0.833. The van der Waals surface area contributed by atoms with Crippen LogP contribution in [0.2, 0.25) is 0 Å². The molecule has 1 aromatic carbocycles. The normalized spacial score (nSPS) is 14.0. The summed E-state index contributed by atoms with van der Waals surface area (Å²) in [6, 6.07) is 8.95. The van der Waals surface area contributed by atoms with Crippen LogP contribution < -0.4 is 14.2 Å². The third-order valence-electron chi connectivity index (χ3n) is 3.32. The van der Waals surface area contributed by atoms with Crippen molar-refractivity contribution in [1.29, 1.82) is 0 Å². The molecule has 0 amide bonds. The molecule has 0 bridgehead atoms. The van der Waals surface area contributed by atoms with Crippen molar-refractivity contribution in [1.82, 2.24) is 4.72 Å². The van der Waals surface area contributed by atoms with Gasteiger partial charge < -0.3 is 9.47 Å². The Morgan fingerprint density at radius 1 is 1.14 bits per heavy atom. The van der Waals surface area contributed by atoms with Crippen molar-refractivity contribution in [3.05, 3.63) is 40.8 Å². The highest BCUT2D eigenvalue weighted by Gasteiger charge is 2.17. The smallest absolute Gasteiger partial charge is 0.250 e. The zero-order chi connectivity index (χ0) is 15.6. The monoisotopic (exact) mass is 339 g/mol. The molecule has 2 aromatic rings. The first-order valence-corrected chi connectivity index (χ1v) is 9.35. The highest BCUT2D eigenvalue weighted by atomic mass is 32.2. The fourth-order valence-electron chi connectivity index (χ4n) is 2.14. The van der Waals surface area contributed by atoms with Crippen molar-refractivity contribution in [2.24, 2.45) is 0 Å². The summed E-state index contributed by atoms with van der Waals surface area (Å²) in [5, 5.41) is 0. The van der Waals surface area contributed by atoms with Crippen molar-refractivity contribution in [3.8, 4) is 11.5 Å². The van der Waals surface area contributed by atoms with Gasteiger partial charge in [-0.3, -0.25) is 0 Å². The molecule has 0 fully saturated rings. The lowest BCUT2D eigenvalue weighted by atomic mass is 10.2. The number of rotatable bonds is 5. The Kier molecular flexibility index (Phi) is 4.37. The minimum absolute atomic E-state index is 0.221. The molecule has 0 atom stereocenters. The Morgan fingerprint density at radius 3 is 2.64 bits per heavy atom. The SMILES string of the molecule is CCc1ccc(S(=O)(=O)NCc2ccc3c(c2)OCCO3)s1. The van der Waals surface area contributed by atoms with Gasteiger partial charge in [0.25, 0.3) is 0 Å². The number of aryl methyl sites for hydroxylation is 1. The molecular formula is C15H17NO4S2. The molecule has 0 saturated carbocycles. The lowest BCUT2D eigenvalue weighted by Crippen LogP contribution is -2.22. The van der Waals surface area contributed by atoms with E-state index >= 15 is 0 Å². The van der Waals surface area contributed by atoms with Crippen molar-refractivity contribution in [3.63, 3.8) is 0 Å². The zero-order valence-corrected chi connectivity index (χ0v) is 13.8. The lowest BCUT2D eigenvalue weighted by Gasteiger charge is -2.18. The summed E-state index contributed by atoms with van der Waals surface area (Å²) in [6.07, 6.45) is 0.836. The largest absolute Gasteiger partial charge is 0.486 e. The summed E-state index contributed by atoms with van der Waals surface area (Å²) < 4.78 is 38.4. The predicted octanol–water partition coefficient (Wildman–Crippen LogP) is 2.56. The molecule has 0 aliphatic carbocycles. The maximum atomic E-state index is 12.3. The topological polar surface area (TPSA) is 64.6 Å². The van der Waals surface area contributed by atoms with Gasteiger partial charge in [0.1, 0.15) is 17.4 Å². The van der Waals surface area contributed by atoms with E-state index in [1.54, 1.807) is 12.1 Å². The average Bonchev–Trinajstić information content (AvgIpc) is 3.03. The molecule has 0 radical (unpaired) electrons. The minimum Gasteiger partial charge on any atom is -0.486 e. The second kappa shape index (κ2) is 6.28. The van der Waals surface area contributed by atoms with Gasteiger partial charge in [0.15, 0.2) is 11.5 Å². The first kappa shape index (κ1) is 15.3. The van der Waals surface area contributed by atoms with Crippen LogP contribution in [0.1, 0.15) is 17.4 Å². The number of hydrogen-bond acceptors (Lipinski definition) is 5. The van der Waals surface area contributed by atoms with E-state index in [1.807, 2.05) is 25.1 Å². The maximum absolute atomic E-state index is 12.3. The summed E-state index contributed by atoms with van der Waals surface area (Å²) in [5.74, 6) is 1.36. The summed E-state index contributed by atoms with van der Waals surface area (Å²) in [6.45, 7) is 3.28. The van der Waals surface area contributed by atoms with Gasteiger partial charge in [-0.25, -0.2) is 13.1 Å². The second-order valence-electron chi connectivity index (χ2n) is 4.88. The third kappa shape index (κ3) is 3.26. The van der Waals surface area contributed by atoms with E-state index in [-0.39, 0.29) is 6.54 Å². The van der Waals surface area contributed by atoms with Gasteiger partial charge in [0.2, 0.25) is 10.0 Å². The Labute approximate surface area is 133 Å². The van der Waals surface area contributed by atoms with Gasteiger partial charge in [0.05, 0.1) is 0 Å². The van der Waals surface area contributed by atoms with Gasteiger partial charge in [-0.1, -0.05) is 13.0 Å². The van der Waals surface area contributed by atoms with E-state index in [0.29, 0.717) is 28.9 Å². The summed E-state index contributed by atoms with van der Waals surface area (Å²) >= 11 is 1.30. The Balaban J connectivity index is 1.71. The predicted molar refractivity (Wildman–Crippen MR) is 85.2 cm³/mol. The van der Waals surface area contributed by atoms with Crippen LogP contribution in [-0.2, 0) is 23.0 Å².